The van der Waals surface area contributed by atoms with Crippen molar-refractivity contribution in [2.75, 3.05) is 20.2 Å². The second-order valence-electron chi connectivity index (χ2n) is 5.49. The van der Waals surface area contributed by atoms with Crippen LogP contribution in [-0.4, -0.2) is 42.2 Å². The number of hydrogen-bond acceptors (Lipinski definition) is 4. The lowest BCUT2D eigenvalue weighted by atomic mass is 10.0. The van der Waals surface area contributed by atoms with Gasteiger partial charge < -0.3 is 10.5 Å². The van der Waals surface area contributed by atoms with Crippen LogP contribution in [0, 0.1) is 0 Å². The Kier molecular flexibility index (Phi) is 5.31. The highest BCUT2D eigenvalue weighted by Crippen LogP contribution is 2.22. The summed E-state index contributed by atoms with van der Waals surface area (Å²) < 4.78 is 5.81. The van der Waals surface area contributed by atoms with Crippen molar-refractivity contribution in [2.45, 2.75) is 44.4 Å². The molecule has 4 heteroatoms. The molecule has 0 bridgehead atoms. The Balaban J connectivity index is 2.02. The third-order valence-corrected chi connectivity index (χ3v) is 3.73. The summed E-state index contributed by atoms with van der Waals surface area (Å²) in [7, 11) is 2.11. The largest absolute Gasteiger partial charge is 0.377 e. The van der Waals surface area contributed by atoms with Crippen molar-refractivity contribution < 1.29 is 4.74 Å². The van der Waals surface area contributed by atoms with Gasteiger partial charge in [0.15, 0.2) is 0 Å². The van der Waals surface area contributed by atoms with Crippen molar-refractivity contribution in [1.82, 2.24) is 9.88 Å². The average molecular weight is 263 g/mol. The van der Waals surface area contributed by atoms with Gasteiger partial charge in [-0.3, -0.25) is 9.88 Å². The fourth-order valence-corrected chi connectivity index (χ4v) is 2.83. The Bertz CT molecular complexity index is 363. The van der Waals surface area contributed by atoms with Gasteiger partial charge in [0.05, 0.1) is 17.8 Å². The summed E-state index contributed by atoms with van der Waals surface area (Å²) in [5.41, 5.74) is 7.19. The minimum atomic E-state index is 0.0449. The molecule has 0 radical (unpaired) electrons. The molecule has 0 spiro atoms. The molecule has 2 heterocycles. The molecule has 106 valence electrons. The number of hydrogen-bond donors (Lipinski definition) is 1. The molecule has 0 aliphatic carbocycles. The molecule has 2 N–H and O–H groups in total. The van der Waals surface area contributed by atoms with Crippen LogP contribution in [0.4, 0.5) is 0 Å². The van der Waals surface area contributed by atoms with Crippen LogP contribution < -0.4 is 5.73 Å². The monoisotopic (exact) mass is 263 g/mol. The van der Waals surface area contributed by atoms with E-state index in [1.165, 1.54) is 12.8 Å². The summed E-state index contributed by atoms with van der Waals surface area (Å²) in [4.78, 5) is 6.73. The zero-order valence-electron chi connectivity index (χ0n) is 12.0. The summed E-state index contributed by atoms with van der Waals surface area (Å²) >= 11 is 0. The Hall–Kier alpha value is -0.970. The van der Waals surface area contributed by atoms with Gasteiger partial charge in [0.25, 0.3) is 0 Å². The summed E-state index contributed by atoms with van der Waals surface area (Å²) in [6.07, 6.45) is 5.78. The van der Waals surface area contributed by atoms with Crippen LogP contribution >= 0.6 is 0 Å². The van der Waals surface area contributed by atoms with E-state index in [0.29, 0.717) is 6.10 Å². The fraction of sp³-hybridized carbons (Fsp3) is 0.667. The predicted octanol–water partition coefficient (Wildman–Crippen LogP) is 1.97. The van der Waals surface area contributed by atoms with Crippen molar-refractivity contribution >= 4 is 0 Å². The van der Waals surface area contributed by atoms with Gasteiger partial charge in [0, 0.05) is 25.4 Å². The van der Waals surface area contributed by atoms with Crippen molar-refractivity contribution in [2.24, 2.45) is 5.73 Å². The lowest BCUT2D eigenvalue weighted by Gasteiger charge is -2.34. The van der Waals surface area contributed by atoms with Crippen LogP contribution in [0.3, 0.4) is 0 Å². The molecule has 3 atom stereocenters. The van der Waals surface area contributed by atoms with Gasteiger partial charge in [-0.2, -0.15) is 0 Å². The van der Waals surface area contributed by atoms with Crippen LogP contribution in [0.2, 0.25) is 0 Å². The number of nitrogens with zero attached hydrogens (tertiary/aromatic N) is 2. The first-order valence-electron chi connectivity index (χ1n) is 7.17. The number of rotatable bonds is 5. The summed E-state index contributed by atoms with van der Waals surface area (Å²) in [5, 5.41) is 0. The lowest BCUT2D eigenvalue weighted by molar-refractivity contribution is -0.0102. The molecule has 1 aromatic heterocycles. The second-order valence-corrected chi connectivity index (χ2v) is 5.49. The van der Waals surface area contributed by atoms with Crippen LogP contribution in [0.15, 0.2) is 24.4 Å². The third kappa shape index (κ3) is 4.00. The highest BCUT2D eigenvalue weighted by atomic mass is 16.5. The molecule has 1 aromatic rings. The maximum atomic E-state index is 6.15. The van der Waals surface area contributed by atoms with Gasteiger partial charge in [-0.1, -0.05) is 6.07 Å². The number of aromatic nitrogens is 1. The van der Waals surface area contributed by atoms with Gasteiger partial charge in [-0.25, -0.2) is 0 Å². The van der Waals surface area contributed by atoms with Gasteiger partial charge in [0.1, 0.15) is 0 Å². The van der Waals surface area contributed by atoms with E-state index in [9.17, 15) is 0 Å². The Morgan fingerprint density at radius 2 is 2.32 bits per heavy atom. The molecule has 1 aliphatic rings. The summed E-state index contributed by atoms with van der Waals surface area (Å²) in [6, 6.07) is 6.19. The van der Waals surface area contributed by atoms with E-state index in [1.807, 2.05) is 31.3 Å². The van der Waals surface area contributed by atoms with E-state index in [-0.39, 0.29) is 12.1 Å². The number of pyridine rings is 1. The first kappa shape index (κ1) is 14.4. The summed E-state index contributed by atoms with van der Waals surface area (Å²) in [5.74, 6) is 0. The number of likely N-dealkylation sites (N-methyl/N-ethyl adjacent to an activating group) is 1. The van der Waals surface area contributed by atoms with Gasteiger partial charge >= 0.3 is 0 Å². The highest BCUT2D eigenvalue weighted by Gasteiger charge is 2.25. The zero-order chi connectivity index (χ0) is 13.7. The minimum Gasteiger partial charge on any atom is -0.377 e. The van der Waals surface area contributed by atoms with Crippen LogP contribution in [0.25, 0.3) is 0 Å². The van der Waals surface area contributed by atoms with E-state index in [2.05, 4.69) is 16.9 Å². The van der Waals surface area contributed by atoms with E-state index in [1.54, 1.807) is 0 Å². The SMILES string of the molecule is CC(N)C(c1ccccn1)N(C)CC1CCCCO1. The quantitative estimate of drug-likeness (QED) is 0.882. The van der Waals surface area contributed by atoms with Crippen molar-refractivity contribution in [3.63, 3.8) is 0 Å². The molecule has 0 aromatic carbocycles. The molecule has 1 fully saturated rings. The second kappa shape index (κ2) is 6.98. The van der Waals surface area contributed by atoms with E-state index < -0.39 is 0 Å². The van der Waals surface area contributed by atoms with Crippen molar-refractivity contribution in [3.8, 4) is 0 Å². The van der Waals surface area contributed by atoms with E-state index in [0.717, 1.165) is 25.3 Å². The van der Waals surface area contributed by atoms with Crippen molar-refractivity contribution in [1.29, 1.82) is 0 Å². The Morgan fingerprint density at radius 3 is 2.89 bits per heavy atom. The molecule has 2 rings (SSSR count). The number of nitrogens with two attached hydrogens (primary N) is 1. The minimum absolute atomic E-state index is 0.0449. The Morgan fingerprint density at radius 1 is 1.47 bits per heavy atom. The van der Waals surface area contributed by atoms with Gasteiger partial charge in [-0.15, -0.1) is 0 Å². The molecule has 1 saturated heterocycles. The zero-order valence-corrected chi connectivity index (χ0v) is 12.0. The lowest BCUT2D eigenvalue weighted by Crippen LogP contribution is -2.42. The maximum Gasteiger partial charge on any atom is 0.0702 e. The predicted molar refractivity (Wildman–Crippen MR) is 76.8 cm³/mol. The molecular weight excluding hydrogens is 238 g/mol. The molecule has 0 amide bonds. The topological polar surface area (TPSA) is 51.4 Å². The molecule has 3 unspecified atom stereocenters. The van der Waals surface area contributed by atoms with Crippen LogP contribution in [0.5, 0.6) is 0 Å². The Labute approximate surface area is 116 Å². The van der Waals surface area contributed by atoms with Gasteiger partial charge in [0.2, 0.25) is 0 Å². The first-order valence-corrected chi connectivity index (χ1v) is 7.17. The van der Waals surface area contributed by atoms with Crippen LogP contribution in [0.1, 0.15) is 37.9 Å². The number of ether oxygens (including phenoxy) is 1. The molecule has 0 saturated carbocycles. The van der Waals surface area contributed by atoms with Gasteiger partial charge in [-0.05, 0) is 45.4 Å². The molecule has 1 aliphatic heterocycles. The summed E-state index contributed by atoms with van der Waals surface area (Å²) in [6.45, 7) is 3.85. The average Bonchev–Trinajstić information content (AvgIpc) is 2.40. The third-order valence-electron chi connectivity index (χ3n) is 3.73. The molecule has 4 nitrogen and oxygen atoms in total. The maximum absolute atomic E-state index is 6.15. The van der Waals surface area contributed by atoms with Crippen LogP contribution in [-0.2, 0) is 4.74 Å². The smallest absolute Gasteiger partial charge is 0.0702 e. The fourth-order valence-electron chi connectivity index (χ4n) is 2.83. The standard InChI is InChI=1S/C15H25N3O/c1-12(16)15(14-8-3-5-9-17-14)18(2)11-13-7-4-6-10-19-13/h3,5,8-9,12-13,15H,4,6-7,10-11,16H2,1-2H3. The first-order chi connectivity index (χ1) is 9.18. The highest BCUT2D eigenvalue weighted by molar-refractivity contribution is 5.11. The normalized spacial score (nSPS) is 23.3. The van der Waals surface area contributed by atoms with Crippen molar-refractivity contribution in [3.05, 3.63) is 30.1 Å². The van der Waals surface area contributed by atoms with E-state index >= 15 is 0 Å². The molecular formula is C15H25N3O. The van der Waals surface area contributed by atoms with E-state index in [4.69, 9.17) is 10.5 Å². The molecule has 19 heavy (non-hydrogen) atoms.